The summed E-state index contributed by atoms with van der Waals surface area (Å²) in [4.78, 5) is 0. The van der Waals surface area contributed by atoms with Crippen molar-refractivity contribution in [3.8, 4) is 0 Å². The summed E-state index contributed by atoms with van der Waals surface area (Å²) in [5.41, 5.74) is 5.41. The maximum Gasteiger partial charge on any atom is 0.0226 e. The van der Waals surface area contributed by atoms with Crippen LogP contribution in [-0.4, -0.2) is 4.57 Å². The number of aryl methyl sites for hydroxylation is 1. The Labute approximate surface area is 124 Å². The molecule has 0 aliphatic heterocycles. The third-order valence-corrected chi connectivity index (χ3v) is 4.36. The standard InChI is InChI=1S/C16H21BrN2/c1-4-19-12(2)9-15(13(19)3)11-18-10-14-7-5-6-8-16(14)17/h5-9,18H,4,10-11H2,1-3H3. The highest BCUT2D eigenvalue weighted by atomic mass is 79.9. The fraction of sp³-hybridized carbons (Fsp3) is 0.375. The van der Waals surface area contributed by atoms with E-state index in [1.807, 2.05) is 6.07 Å². The summed E-state index contributed by atoms with van der Waals surface area (Å²) >= 11 is 3.58. The molecular weight excluding hydrogens is 300 g/mol. The molecule has 0 aliphatic rings. The zero-order valence-corrected chi connectivity index (χ0v) is 13.4. The van der Waals surface area contributed by atoms with Gasteiger partial charge in [-0.05, 0) is 44.0 Å². The van der Waals surface area contributed by atoms with Gasteiger partial charge < -0.3 is 9.88 Å². The van der Waals surface area contributed by atoms with Gasteiger partial charge in [-0.25, -0.2) is 0 Å². The van der Waals surface area contributed by atoms with E-state index in [1.54, 1.807) is 0 Å². The maximum atomic E-state index is 3.58. The lowest BCUT2D eigenvalue weighted by atomic mass is 10.2. The largest absolute Gasteiger partial charge is 0.349 e. The van der Waals surface area contributed by atoms with Crippen molar-refractivity contribution in [2.24, 2.45) is 0 Å². The van der Waals surface area contributed by atoms with Crippen molar-refractivity contribution in [1.29, 1.82) is 0 Å². The smallest absolute Gasteiger partial charge is 0.0226 e. The fourth-order valence-electron chi connectivity index (χ4n) is 2.51. The van der Waals surface area contributed by atoms with Crippen LogP contribution in [-0.2, 0) is 19.6 Å². The third-order valence-electron chi connectivity index (χ3n) is 3.58. The molecule has 2 rings (SSSR count). The van der Waals surface area contributed by atoms with Crippen LogP contribution in [0.5, 0.6) is 0 Å². The summed E-state index contributed by atoms with van der Waals surface area (Å²) < 4.78 is 3.52. The molecule has 19 heavy (non-hydrogen) atoms. The maximum absolute atomic E-state index is 3.58. The highest BCUT2D eigenvalue weighted by molar-refractivity contribution is 9.10. The summed E-state index contributed by atoms with van der Waals surface area (Å²) in [7, 11) is 0. The molecule has 1 N–H and O–H groups in total. The molecule has 0 aliphatic carbocycles. The molecule has 1 heterocycles. The average Bonchev–Trinajstić information content (AvgIpc) is 2.66. The van der Waals surface area contributed by atoms with Crippen LogP contribution in [0, 0.1) is 13.8 Å². The summed E-state index contributed by atoms with van der Waals surface area (Å²) in [6, 6.07) is 10.6. The number of hydrogen-bond donors (Lipinski definition) is 1. The Bertz CT molecular complexity index is 558. The van der Waals surface area contributed by atoms with Gasteiger partial charge in [0.15, 0.2) is 0 Å². The second-order valence-corrected chi connectivity index (χ2v) is 5.69. The molecule has 0 amide bonds. The van der Waals surface area contributed by atoms with Gasteiger partial charge >= 0.3 is 0 Å². The first-order valence-corrected chi connectivity index (χ1v) is 7.52. The first-order chi connectivity index (χ1) is 9.13. The van der Waals surface area contributed by atoms with Gasteiger partial charge in [0.2, 0.25) is 0 Å². The number of hydrogen-bond acceptors (Lipinski definition) is 1. The molecular formula is C16H21BrN2. The molecule has 1 aromatic carbocycles. The second kappa shape index (κ2) is 6.40. The van der Waals surface area contributed by atoms with E-state index in [9.17, 15) is 0 Å². The predicted octanol–water partition coefficient (Wildman–Crippen LogP) is 4.18. The number of rotatable bonds is 5. The first kappa shape index (κ1) is 14.4. The fourth-order valence-corrected chi connectivity index (χ4v) is 2.94. The first-order valence-electron chi connectivity index (χ1n) is 6.73. The van der Waals surface area contributed by atoms with E-state index in [2.05, 4.69) is 70.9 Å². The number of nitrogens with zero attached hydrogens (tertiary/aromatic N) is 1. The van der Waals surface area contributed by atoms with Gasteiger partial charge in [0.1, 0.15) is 0 Å². The molecule has 1 aromatic heterocycles. The zero-order valence-electron chi connectivity index (χ0n) is 11.8. The monoisotopic (exact) mass is 320 g/mol. The minimum Gasteiger partial charge on any atom is -0.349 e. The van der Waals surface area contributed by atoms with Crippen LogP contribution in [0.2, 0.25) is 0 Å². The highest BCUT2D eigenvalue weighted by Gasteiger charge is 2.07. The summed E-state index contributed by atoms with van der Waals surface area (Å²) in [5, 5.41) is 3.52. The van der Waals surface area contributed by atoms with Gasteiger partial charge in [0.25, 0.3) is 0 Å². The highest BCUT2D eigenvalue weighted by Crippen LogP contribution is 2.17. The lowest BCUT2D eigenvalue weighted by molar-refractivity contribution is 0.674. The van der Waals surface area contributed by atoms with Gasteiger partial charge in [-0.3, -0.25) is 0 Å². The molecule has 0 saturated carbocycles. The van der Waals surface area contributed by atoms with Gasteiger partial charge in [-0.1, -0.05) is 34.1 Å². The van der Waals surface area contributed by atoms with E-state index in [0.717, 1.165) is 19.6 Å². The SMILES string of the molecule is CCn1c(C)cc(CNCc2ccccc2Br)c1C. The quantitative estimate of drug-likeness (QED) is 0.874. The molecule has 2 nitrogen and oxygen atoms in total. The second-order valence-electron chi connectivity index (χ2n) is 4.84. The molecule has 0 spiro atoms. The minimum absolute atomic E-state index is 0.886. The van der Waals surface area contributed by atoms with Crippen molar-refractivity contribution in [3.05, 3.63) is 57.3 Å². The average molecular weight is 321 g/mol. The normalized spacial score (nSPS) is 10.9. The third kappa shape index (κ3) is 3.28. The van der Waals surface area contributed by atoms with Gasteiger partial charge in [0.05, 0.1) is 0 Å². The van der Waals surface area contributed by atoms with E-state index in [4.69, 9.17) is 0 Å². The van der Waals surface area contributed by atoms with Crippen molar-refractivity contribution in [1.82, 2.24) is 9.88 Å². The van der Waals surface area contributed by atoms with Gasteiger partial charge in [0, 0.05) is 35.5 Å². The van der Waals surface area contributed by atoms with Gasteiger partial charge in [-0.2, -0.15) is 0 Å². The van der Waals surface area contributed by atoms with E-state index in [1.165, 1.54) is 27.0 Å². The van der Waals surface area contributed by atoms with Crippen molar-refractivity contribution < 1.29 is 0 Å². The van der Waals surface area contributed by atoms with E-state index < -0.39 is 0 Å². The van der Waals surface area contributed by atoms with Crippen molar-refractivity contribution in [3.63, 3.8) is 0 Å². The topological polar surface area (TPSA) is 17.0 Å². The molecule has 0 saturated heterocycles. The molecule has 0 radical (unpaired) electrons. The number of halogens is 1. The Morgan fingerprint density at radius 3 is 2.42 bits per heavy atom. The molecule has 102 valence electrons. The Morgan fingerprint density at radius 1 is 1.11 bits per heavy atom. The summed E-state index contributed by atoms with van der Waals surface area (Å²) in [6.07, 6.45) is 0. The summed E-state index contributed by atoms with van der Waals surface area (Å²) in [6.45, 7) is 9.41. The van der Waals surface area contributed by atoms with Crippen LogP contribution >= 0.6 is 15.9 Å². The number of benzene rings is 1. The van der Waals surface area contributed by atoms with Crippen LogP contribution < -0.4 is 5.32 Å². The Kier molecular flexibility index (Phi) is 4.83. The van der Waals surface area contributed by atoms with E-state index >= 15 is 0 Å². The molecule has 2 aromatic rings. The van der Waals surface area contributed by atoms with Crippen LogP contribution in [0.15, 0.2) is 34.8 Å². The van der Waals surface area contributed by atoms with Crippen molar-refractivity contribution in [2.75, 3.05) is 0 Å². The molecule has 0 bridgehead atoms. The van der Waals surface area contributed by atoms with Crippen molar-refractivity contribution >= 4 is 15.9 Å². The Hall–Kier alpha value is -1.06. The molecule has 0 unspecified atom stereocenters. The molecule has 3 heteroatoms. The zero-order chi connectivity index (χ0) is 13.8. The number of aromatic nitrogens is 1. The number of nitrogens with one attached hydrogen (secondary N) is 1. The van der Waals surface area contributed by atoms with Crippen LogP contribution in [0.4, 0.5) is 0 Å². The Morgan fingerprint density at radius 2 is 1.79 bits per heavy atom. The van der Waals surface area contributed by atoms with E-state index in [-0.39, 0.29) is 0 Å². The van der Waals surface area contributed by atoms with Crippen molar-refractivity contribution in [2.45, 2.75) is 40.4 Å². The van der Waals surface area contributed by atoms with E-state index in [0.29, 0.717) is 0 Å². The minimum atomic E-state index is 0.886. The summed E-state index contributed by atoms with van der Waals surface area (Å²) in [5.74, 6) is 0. The molecule has 0 atom stereocenters. The lowest BCUT2D eigenvalue weighted by Crippen LogP contribution is -2.13. The van der Waals surface area contributed by atoms with Gasteiger partial charge in [-0.15, -0.1) is 0 Å². The Balaban J connectivity index is 1.98. The lowest BCUT2D eigenvalue weighted by Gasteiger charge is -2.08. The molecule has 0 fully saturated rings. The van der Waals surface area contributed by atoms with Crippen LogP contribution in [0.3, 0.4) is 0 Å². The van der Waals surface area contributed by atoms with Crippen LogP contribution in [0.1, 0.15) is 29.4 Å². The van der Waals surface area contributed by atoms with Crippen LogP contribution in [0.25, 0.3) is 0 Å². The predicted molar refractivity (Wildman–Crippen MR) is 84.3 cm³/mol.